The van der Waals surface area contributed by atoms with E-state index < -0.39 is 17.9 Å². The molecule has 0 aliphatic heterocycles. The second-order valence-corrected chi connectivity index (χ2v) is 5.89. The zero-order chi connectivity index (χ0) is 18.4. The van der Waals surface area contributed by atoms with Crippen molar-refractivity contribution in [1.82, 2.24) is 5.32 Å². The number of amides is 3. The molecule has 1 atom stereocenters. The van der Waals surface area contributed by atoms with Crippen LogP contribution in [0, 0.1) is 0 Å². The van der Waals surface area contributed by atoms with Crippen LogP contribution in [0.25, 0.3) is 0 Å². The van der Waals surface area contributed by atoms with Crippen LogP contribution >= 0.6 is 11.6 Å². The summed E-state index contributed by atoms with van der Waals surface area (Å²) >= 11 is 6.09. The SMILES string of the molecule is CC(=O)Nc1ccc(C(=O)N[C@H](Cc2ccccc2Cl)C(N)=O)cc1. The standard InChI is InChI=1S/C18H18ClN3O3/c1-11(23)21-14-8-6-12(7-9-14)18(25)22-16(17(20)24)10-13-4-2-3-5-15(13)19/h2-9,16H,10H2,1H3,(H2,20,24)(H,21,23)(H,22,25)/t16-/m1/s1. The zero-order valence-corrected chi connectivity index (χ0v) is 14.3. The van der Waals surface area contributed by atoms with Crippen LogP contribution in [-0.4, -0.2) is 23.8 Å². The first-order valence-corrected chi connectivity index (χ1v) is 7.96. The first kappa shape index (κ1) is 18.5. The molecule has 0 spiro atoms. The lowest BCUT2D eigenvalue weighted by Crippen LogP contribution is -2.45. The number of rotatable bonds is 6. The van der Waals surface area contributed by atoms with Gasteiger partial charge in [-0.2, -0.15) is 0 Å². The molecular weight excluding hydrogens is 342 g/mol. The number of nitrogens with one attached hydrogen (secondary N) is 2. The van der Waals surface area contributed by atoms with Crippen LogP contribution in [0.15, 0.2) is 48.5 Å². The summed E-state index contributed by atoms with van der Waals surface area (Å²) in [6, 6.07) is 12.5. The Morgan fingerprint density at radius 3 is 2.28 bits per heavy atom. The maximum atomic E-state index is 12.3. The predicted octanol–water partition coefficient (Wildman–Crippen LogP) is 2.12. The highest BCUT2D eigenvalue weighted by molar-refractivity contribution is 6.31. The van der Waals surface area contributed by atoms with Gasteiger partial charge >= 0.3 is 0 Å². The van der Waals surface area contributed by atoms with Gasteiger partial charge in [0.1, 0.15) is 6.04 Å². The highest BCUT2D eigenvalue weighted by atomic mass is 35.5. The highest BCUT2D eigenvalue weighted by Gasteiger charge is 2.20. The molecule has 130 valence electrons. The summed E-state index contributed by atoms with van der Waals surface area (Å²) in [5.41, 5.74) is 7.03. The Labute approximate surface area is 150 Å². The van der Waals surface area contributed by atoms with Gasteiger partial charge in [0.25, 0.3) is 5.91 Å². The van der Waals surface area contributed by atoms with Crippen LogP contribution < -0.4 is 16.4 Å². The van der Waals surface area contributed by atoms with Crippen molar-refractivity contribution < 1.29 is 14.4 Å². The Hall–Kier alpha value is -2.86. The summed E-state index contributed by atoms with van der Waals surface area (Å²) < 4.78 is 0. The van der Waals surface area contributed by atoms with Crippen molar-refractivity contribution in [3.05, 3.63) is 64.7 Å². The van der Waals surface area contributed by atoms with Gasteiger partial charge < -0.3 is 16.4 Å². The van der Waals surface area contributed by atoms with E-state index >= 15 is 0 Å². The minimum atomic E-state index is -0.887. The lowest BCUT2D eigenvalue weighted by atomic mass is 10.0. The fourth-order valence-corrected chi connectivity index (χ4v) is 2.47. The van der Waals surface area contributed by atoms with E-state index in [-0.39, 0.29) is 12.3 Å². The van der Waals surface area contributed by atoms with Gasteiger partial charge in [0.15, 0.2) is 0 Å². The molecule has 6 nitrogen and oxygen atoms in total. The Morgan fingerprint density at radius 1 is 1.08 bits per heavy atom. The van der Waals surface area contributed by atoms with Gasteiger partial charge in [-0.05, 0) is 35.9 Å². The topological polar surface area (TPSA) is 101 Å². The molecule has 0 heterocycles. The number of hydrogen-bond acceptors (Lipinski definition) is 3. The number of halogens is 1. The highest BCUT2D eigenvalue weighted by Crippen LogP contribution is 2.17. The first-order chi connectivity index (χ1) is 11.9. The van der Waals surface area contributed by atoms with Gasteiger partial charge in [-0.15, -0.1) is 0 Å². The molecule has 0 fully saturated rings. The van der Waals surface area contributed by atoms with E-state index in [0.29, 0.717) is 21.8 Å². The predicted molar refractivity (Wildman–Crippen MR) is 96.4 cm³/mol. The molecule has 0 saturated carbocycles. The molecular formula is C18H18ClN3O3. The number of nitrogens with two attached hydrogens (primary N) is 1. The molecule has 4 N–H and O–H groups in total. The van der Waals surface area contributed by atoms with Gasteiger partial charge in [0, 0.05) is 29.6 Å². The van der Waals surface area contributed by atoms with E-state index in [4.69, 9.17) is 17.3 Å². The molecule has 0 aliphatic carbocycles. The van der Waals surface area contributed by atoms with Crippen molar-refractivity contribution in [2.24, 2.45) is 5.73 Å². The summed E-state index contributed by atoms with van der Waals surface area (Å²) in [7, 11) is 0. The van der Waals surface area contributed by atoms with Gasteiger partial charge in [-0.1, -0.05) is 29.8 Å². The Kier molecular flexibility index (Phi) is 6.14. The van der Waals surface area contributed by atoms with Crippen molar-refractivity contribution in [2.45, 2.75) is 19.4 Å². The van der Waals surface area contributed by atoms with Crippen molar-refractivity contribution in [3.63, 3.8) is 0 Å². The smallest absolute Gasteiger partial charge is 0.251 e. The monoisotopic (exact) mass is 359 g/mol. The molecule has 2 aromatic rings. The fourth-order valence-electron chi connectivity index (χ4n) is 2.26. The molecule has 2 aromatic carbocycles. The molecule has 0 bridgehead atoms. The van der Waals surface area contributed by atoms with Crippen molar-refractivity contribution in [3.8, 4) is 0 Å². The largest absolute Gasteiger partial charge is 0.368 e. The third-order valence-corrected chi connectivity index (χ3v) is 3.87. The minimum Gasteiger partial charge on any atom is -0.368 e. The number of primary amides is 1. The second-order valence-electron chi connectivity index (χ2n) is 5.48. The van der Waals surface area contributed by atoms with Crippen LogP contribution in [0.3, 0.4) is 0 Å². The normalized spacial score (nSPS) is 11.4. The van der Waals surface area contributed by atoms with Crippen LogP contribution in [-0.2, 0) is 16.0 Å². The number of hydrogen-bond donors (Lipinski definition) is 3. The third-order valence-electron chi connectivity index (χ3n) is 3.50. The summed E-state index contributed by atoms with van der Waals surface area (Å²) in [6.07, 6.45) is 0.199. The van der Waals surface area contributed by atoms with Crippen LogP contribution in [0.1, 0.15) is 22.8 Å². The number of anilines is 1. The maximum absolute atomic E-state index is 12.3. The van der Waals surface area contributed by atoms with Crippen molar-refractivity contribution >= 4 is 35.0 Å². The molecule has 7 heteroatoms. The molecule has 2 rings (SSSR count). The molecule has 0 saturated heterocycles. The second kappa shape index (κ2) is 8.30. The minimum absolute atomic E-state index is 0.199. The lowest BCUT2D eigenvalue weighted by Gasteiger charge is -2.16. The molecule has 25 heavy (non-hydrogen) atoms. The average Bonchev–Trinajstić information content (AvgIpc) is 2.56. The summed E-state index contributed by atoms with van der Waals surface area (Å²) in [5.74, 6) is -1.29. The lowest BCUT2D eigenvalue weighted by molar-refractivity contribution is -0.119. The van der Waals surface area contributed by atoms with Gasteiger partial charge in [0.05, 0.1) is 0 Å². The number of carbonyl (C=O) groups excluding carboxylic acids is 3. The summed E-state index contributed by atoms with van der Waals surface area (Å²) in [6.45, 7) is 1.40. The Balaban J connectivity index is 2.08. The van der Waals surface area contributed by atoms with E-state index in [1.165, 1.54) is 6.92 Å². The molecule has 0 radical (unpaired) electrons. The average molecular weight is 360 g/mol. The molecule has 0 aliphatic rings. The van der Waals surface area contributed by atoms with E-state index in [0.717, 1.165) is 0 Å². The van der Waals surface area contributed by atoms with Crippen LogP contribution in [0.2, 0.25) is 5.02 Å². The number of carbonyl (C=O) groups is 3. The first-order valence-electron chi connectivity index (χ1n) is 7.58. The van der Waals surface area contributed by atoms with Crippen molar-refractivity contribution in [2.75, 3.05) is 5.32 Å². The van der Waals surface area contributed by atoms with Crippen molar-refractivity contribution in [1.29, 1.82) is 0 Å². The van der Waals surface area contributed by atoms with E-state index in [1.807, 2.05) is 0 Å². The zero-order valence-electron chi connectivity index (χ0n) is 13.6. The van der Waals surface area contributed by atoms with Gasteiger partial charge in [-0.25, -0.2) is 0 Å². The fraction of sp³-hybridized carbons (Fsp3) is 0.167. The Bertz CT molecular complexity index is 790. The van der Waals surface area contributed by atoms with E-state index in [1.54, 1.807) is 48.5 Å². The van der Waals surface area contributed by atoms with Crippen LogP contribution in [0.4, 0.5) is 5.69 Å². The van der Waals surface area contributed by atoms with Gasteiger partial charge in [-0.3, -0.25) is 14.4 Å². The van der Waals surface area contributed by atoms with Crippen LogP contribution in [0.5, 0.6) is 0 Å². The summed E-state index contributed by atoms with van der Waals surface area (Å²) in [5, 5.41) is 5.72. The number of benzene rings is 2. The van der Waals surface area contributed by atoms with E-state index in [2.05, 4.69) is 10.6 Å². The van der Waals surface area contributed by atoms with E-state index in [9.17, 15) is 14.4 Å². The third kappa shape index (κ3) is 5.32. The maximum Gasteiger partial charge on any atom is 0.251 e. The molecule has 3 amide bonds. The quantitative estimate of drug-likeness (QED) is 0.736. The molecule has 0 aromatic heterocycles. The molecule has 0 unspecified atom stereocenters. The Morgan fingerprint density at radius 2 is 1.72 bits per heavy atom. The summed E-state index contributed by atoms with van der Waals surface area (Å²) in [4.78, 5) is 35.0. The van der Waals surface area contributed by atoms with Gasteiger partial charge in [0.2, 0.25) is 11.8 Å².